The van der Waals surface area contributed by atoms with Crippen LogP contribution in [0.1, 0.15) is 57.9 Å². The van der Waals surface area contributed by atoms with Crippen molar-refractivity contribution in [3.63, 3.8) is 0 Å². The number of amides is 1. The Morgan fingerprint density at radius 2 is 2.07 bits per heavy atom. The Morgan fingerprint density at radius 1 is 1.25 bits per heavy atom. The Bertz CT molecular complexity index is 748. The highest BCUT2D eigenvalue weighted by molar-refractivity contribution is 6.43. The molecule has 1 atom stereocenters. The van der Waals surface area contributed by atoms with Crippen molar-refractivity contribution < 1.29 is 4.79 Å². The van der Waals surface area contributed by atoms with E-state index >= 15 is 0 Å². The first-order valence-corrected chi connectivity index (χ1v) is 10.5. The quantitative estimate of drug-likeness (QED) is 0.579. The lowest BCUT2D eigenvalue weighted by atomic mass is 10.0. The number of hydrogen-bond acceptors (Lipinski definition) is 3. The highest BCUT2D eigenvalue weighted by Gasteiger charge is 2.15. The van der Waals surface area contributed by atoms with Crippen LogP contribution in [0.15, 0.2) is 59.4 Å². The molecule has 0 aliphatic carbocycles. The Kier molecular flexibility index (Phi) is 9.70. The number of aromatic nitrogens is 1. The van der Waals surface area contributed by atoms with Crippen LogP contribution in [0.3, 0.4) is 0 Å². The molecule has 0 aromatic carbocycles. The van der Waals surface area contributed by atoms with E-state index in [-0.39, 0.29) is 11.9 Å². The Hall–Kier alpha value is -2.20. The number of nitrogens with zero attached hydrogens (tertiary/aromatic N) is 2. The van der Waals surface area contributed by atoms with Crippen LogP contribution in [0.4, 0.5) is 0 Å². The maximum atomic E-state index is 12.9. The lowest BCUT2D eigenvalue weighted by Gasteiger charge is -2.17. The van der Waals surface area contributed by atoms with Gasteiger partial charge < -0.3 is 5.32 Å². The molecule has 1 aliphatic heterocycles. The van der Waals surface area contributed by atoms with E-state index in [1.807, 2.05) is 18.2 Å². The van der Waals surface area contributed by atoms with Crippen LogP contribution in [0.25, 0.3) is 0 Å². The fourth-order valence-electron chi connectivity index (χ4n) is 2.96. The standard InChI is InChI=1S/C23H30ClN3O/c1-3-5-11-20(4-2)27-23(28)21-16-18(10-8-6-7-9-14-25-21)15-19-12-13-22(24)26-17-19/h8-10,12-14,16-17,20H,3-7,11,15H2,1-2H3,(H,27,28)/b10-8+,14-9+,18-16+,25-21+. The van der Waals surface area contributed by atoms with E-state index in [0.717, 1.165) is 49.7 Å². The topological polar surface area (TPSA) is 54.4 Å². The van der Waals surface area contributed by atoms with Crippen LogP contribution in [0.2, 0.25) is 5.15 Å². The molecule has 0 fully saturated rings. The number of carbonyl (C=O) groups is 1. The van der Waals surface area contributed by atoms with Crippen LogP contribution in [0, 0.1) is 0 Å². The molecule has 1 unspecified atom stereocenters. The first kappa shape index (κ1) is 22.1. The zero-order chi connectivity index (χ0) is 20.2. The molecule has 28 heavy (non-hydrogen) atoms. The zero-order valence-corrected chi connectivity index (χ0v) is 17.6. The van der Waals surface area contributed by atoms with E-state index in [0.29, 0.717) is 17.3 Å². The van der Waals surface area contributed by atoms with Gasteiger partial charge in [-0.05, 0) is 55.4 Å². The number of carbonyl (C=O) groups excluding carboxylic acids is 1. The SMILES string of the molecule is CCCCC(CC)NC(=O)C1=N/C=C/CC/C=C/C(Cc2ccc(Cl)nc2)=C\1. The number of aliphatic imine (C=N–C) groups is 1. The van der Waals surface area contributed by atoms with Crippen molar-refractivity contribution >= 4 is 23.2 Å². The second kappa shape index (κ2) is 12.3. The average Bonchev–Trinajstić information content (AvgIpc) is 2.71. The van der Waals surface area contributed by atoms with Crippen LogP contribution in [0.5, 0.6) is 0 Å². The third-order valence-corrected chi connectivity index (χ3v) is 4.86. The van der Waals surface area contributed by atoms with E-state index in [2.05, 4.69) is 41.3 Å². The van der Waals surface area contributed by atoms with Crippen molar-refractivity contribution in [1.82, 2.24) is 10.3 Å². The monoisotopic (exact) mass is 399 g/mol. The van der Waals surface area contributed by atoms with Gasteiger partial charge >= 0.3 is 0 Å². The highest BCUT2D eigenvalue weighted by Crippen LogP contribution is 2.14. The second-order valence-corrected chi connectivity index (χ2v) is 7.37. The predicted octanol–water partition coefficient (Wildman–Crippen LogP) is 5.59. The van der Waals surface area contributed by atoms with Crippen LogP contribution < -0.4 is 5.32 Å². The number of hydrogen-bond donors (Lipinski definition) is 1. The van der Waals surface area contributed by atoms with Gasteiger partial charge in [-0.1, -0.05) is 62.6 Å². The van der Waals surface area contributed by atoms with Crippen molar-refractivity contribution in [2.75, 3.05) is 0 Å². The number of allylic oxidation sites excluding steroid dienone is 4. The molecule has 1 aromatic rings. The van der Waals surface area contributed by atoms with Crippen molar-refractivity contribution in [3.8, 4) is 0 Å². The Balaban J connectivity index is 2.21. The Labute approximate surface area is 173 Å². The van der Waals surface area contributed by atoms with Crippen LogP contribution in [-0.2, 0) is 11.2 Å². The second-order valence-electron chi connectivity index (χ2n) is 6.98. The molecular formula is C23H30ClN3O. The summed E-state index contributed by atoms with van der Waals surface area (Å²) >= 11 is 5.89. The molecule has 0 radical (unpaired) electrons. The zero-order valence-electron chi connectivity index (χ0n) is 16.8. The summed E-state index contributed by atoms with van der Waals surface area (Å²) in [5.41, 5.74) is 2.51. The normalized spacial score (nSPS) is 21.5. The summed E-state index contributed by atoms with van der Waals surface area (Å²) in [6, 6.07) is 3.92. The van der Waals surface area contributed by atoms with E-state index in [1.54, 1.807) is 18.5 Å². The summed E-state index contributed by atoms with van der Waals surface area (Å²) in [6.45, 7) is 4.27. The molecule has 150 valence electrons. The first-order valence-electron chi connectivity index (χ1n) is 10.1. The van der Waals surface area contributed by atoms with Gasteiger partial charge in [-0.2, -0.15) is 0 Å². The molecule has 0 bridgehead atoms. The maximum Gasteiger partial charge on any atom is 0.270 e. The van der Waals surface area contributed by atoms with E-state index < -0.39 is 0 Å². The number of halogens is 1. The molecular weight excluding hydrogens is 370 g/mol. The minimum Gasteiger partial charge on any atom is -0.348 e. The summed E-state index contributed by atoms with van der Waals surface area (Å²) in [6.07, 6.45) is 18.2. The van der Waals surface area contributed by atoms with Crippen LogP contribution >= 0.6 is 11.6 Å². The maximum absolute atomic E-state index is 12.9. The minimum atomic E-state index is -0.117. The van der Waals surface area contributed by atoms with E-state index in [9.17, 15) is 4.79 Å². The molecule has 1 N–H and O–H groups in total. The minimum absolute atomic E-state index is 0.117. The van der Waals surface area contributed by atoms with E-state index in [1.165, 1.54) is 0 Å². The molecule has 1 aromatic heterocycles. The third-order valence-electron chi connectivity index (χ3n) is 4.64. The van der Waals surface area contributed by atoms with E-state index in [4.69, 9.17) is 11.6 Å². The predicted molar refractivity (Wildman–Crippen MR) is 118 cm³/mol. The number of pyridine rings is 1. The molecule has 0 spiro atoms. The van der Waals surface area contributed by atoms with Crippen LogP contribution in [-0.4, -0.2) is 22.6 Å². The fraction of sp³-hybridized carbons (Fsp3) is 0.435. The van der Waals surface area contributed by atoms with Gasteiger partial charge in [-0.25, -0.2) is 4.98 Å². The first-order chi connectivity index (χ1) is 13.6. The number of unbranched alkanes of at least 4 members (excludes halogenated alkanes) is 1. The van der Waals surface area contributed by atoms with Crippen molar-refractivity contribution in [3.05, 3.63) is 65.1 Å². The van der Waals surface area contributed by atoms with Crippen molar-refractivity contribution in [2.45, 2.75) is 64.8 Å². The van der Waals surface area contributed by atoms with Gasteiger partial charge in [0.25, 0.3) is 5.91 Å². The highest BCUT2D eigenvalue weighted by atomic mass is 35.5. The van der Waals surface area contributed by atoms with Gasteiger partial charge in [0.15, 0.2) is 0 Å². The molecule has 2 heterocycles. The van der Waals surface area contributed by atoms with Gasteiger partial charge in [-0.3, -0.25) is 9.79 Å². The molecule has 2 rings (SSSR count). The molecule has 1 aliphatic rings. The lowest BCUT2D eigenvalue weighted by Crippen LogP contribution is -2.38. The largest absolute Gasteiger partial charge is 0.348 e. The Morgan fingerprint density at radius 3 is 2.79 bits per heavy atom. The van der Waals surface area contributed by atoms with Crippen molar-refractivity contribution in [1.29, 1.82) is 0 Å². The van der Waals surface area contributed by atoms with Gasteiger partial charge in [0, 0.05) is 18.4 Å². The summed E-state index contributed by atoms with van der Waals surface area (Å²) in [7, 11) is 0. The number of nitrogens with one attached hydrogen (secondary N) is 1. The molecule has 1 amide bonds. The van der Waals surface area contributed by atoms with Gasteiger partial charge in [0.2, 0.25) is 0 Å². The summed E-state index contributed by atoms with van der Waals surface area (Å²) in [5, 5.41) is 3.62. The van der Waals surface area contributed by atoms with Gasteiger partial charge in [0.1, 0.15) is 10.9 Å². The molecule has 4 nitrogen and oxygen atoms in total. The fourth-order valence-corrected chi connectivity index (χ4v) is 3.08. The van der Waals surface area contributed by atoms with Gasteiger partial charge in [-0.15, -0.1) is 0 Å². The smallest absolute Gasteiger partial charge is 0.270 e. The molecule has 0 saturated heterocycles. The summed E-state index contributed by atoms with van der Waals surface area (Å²) < 4.78 is 0. The third kappa shape index (κ3) is 7.81. The summed E-state index contributed by atoms with van der Waals surface area (Å²) in [4.78, 5) is 21.4. The molecule has 5 heteroatoms. The average molecular weight is 400 g/mol. The molecule has 0 saturated carbocycles. The summed E-state index contributed by atoms with van der Waals surface area (Å²) in [5.74, 6) is -0.117. The lowest BCUT2D eigenvalue weighted by molar-refractivity contribution is -0.115. The van der Waals surface area contributed by atoms with Gasteiger partial charge in [0.05, 0.1) is 0 Å². The van der Waals surface area contributed by atoms with Crippen molar-refractivity contribution in [2.24, 2.45) is 4.99 Å². The number of rotatable bonds is 8.